The fraction of sp³-hybridized carbons (Fsp3) is 0.500. The molecule has 0 aliphatic carbocycles. The van der Waals surface area contributed by atoms with Crippen molar-refractivity contribution in [2.24, 2.45) is 5.73 Å². The summed E-state index contributed by atoms with van der Waals surface area (Å²) in [5, 5.41) is 9.45. The number of hydrogen-bond acceptors (Lipinski definition) is 6. The number of likely N-dealkylation sites (tertiary alicyclic amines) is 2. The number of nitrogens with zero attached hydrogens (tertiary/aromatic N) is 2. The maximum atomic E-state index is 12.7. The Hall–Kier alpha value is -2.45. The van der Waals surface area contributed by atoms with E-state index in [1.807, 2.05) is 30.3 Å². The van der Waals surface area contributed by atoms with Gasteiger partial charge in [-0.3, -0.25) is 19.4 Å². The molecule has 2 unspecified atom stereocenters. The fourth-order valence-electron chi connectivity index (χ4n) is 3.45. The Bertz CT molecular complexity index is 708. The normalized spacial score (nSPS) is 24.3. The van der Waals surface area contributed by atoms with Crippen LogP contribution in [0.25, 0.3) is 0 Å². The molecular formula is C18H23N3O5. The Kier molecular flexibility index (Phi) is 4.97. The molecule has 2 aliphatic heterocycles. The first-order valence-corrected chi connectivity index (χ1v) is 8.64. The Labute approximate surface area is 151 Å². The second-order valence-electron chi connectivity index (χ2n) is 6.82. The number of ether oxygens (including phenoxy) is 1. The minimum Gasteiger partial charge on any atom is -0.445 e. The first kappa shape index (κ1) is 18.3. The van der Waals surface area contributed by atoms with E-state index in [4.69, 9.17) is 10.5 Å². The van der Waals surface area contributed by atoms with Gasteiger partial charge >= 0.3 is 6.09 Å². The van der Waals surface area contributed by atoms with Crippen LogP contribution in [0.5, 0.6) is 0 Å². The molecule has 0 aromatic heterocycles. The summed E-state index contributed by atoms with van der Waals surface area (Å²) in [6.45, 7) is 2.01. The van der Waals surface area contributed by atoms with Gasteiger partial charge in [0.05, 0.1) is 12.6 Å². The van der Waals surface area contributed by atoms with Crippen LogP contribution in [0.2, 0.25) is 0 Å². The second kappa shape index (κ2) is 7.05. The lowest BCUT2D eigenvalue weighted by Crippen LogP contribution is -2.75. The van der Waals surface area contributed by atoms with Crippen LogP contribution in [0.4, 0.5) is 4.79 Å². The number of β-lactam (4-membered cyclic amide) rings is 1. The highest BCUT2D eigenvalue weighted by Crippen LogP contribution is 2.39. The number of aliphatic hydroxyl groups is 1. The molecule has 0 radical (unpaired) electrons. The van der Waals surface area contributed by atoms with Gasteiger partial charge < -0.3 is 15.6 Å². The van der Waals surface area contributed by atoms with Crippen LogP contribution >= 0.6 is 0 Å². The van der Waals surface area contributed by atoms with Crippen molar-refractivity contribution in [3.05, 3.63) is 35.9 Å². The zero-order valence-corrected chi connectivity index (χ0v) is 14.6. The Morgan fingerprint density at radius 2 is 2.04 bits per heavy atom. The van der Waals surface area contributed by atoms with Crippen molar-refractivity contribution in [2.45, 2.75) is 44.1 Å². The van der Waals surface area contributed by atoms with Gasteiger partial charge in [0, 0.05) is 6.54 Å². The number of benzene rings is 1. The minimum absolute atomic E-state index is 0.0888. The van der Waals surface area contributed by atoms with Gasteiger partial charge in [-0.1, -0.05) is 30.3 Å². The van der Waals surface area contributed by atoms with Crippen molar-refractivity contribution in [1.29, 1.82) is 0 Å². The maximum Gasteiger partial charge on any atom is 0.411 e. The highest BCUT2D eigenvalue weighted by molar-refractivity contribution is 6.08. The summed E-state index contributed by atoms with van der Waals surface area (Å²) >= 11 is 0. The van der Waals surface area contributed by atoms with E-state index in [0.29, 0.717) is 19.4 Å². The Morgan fingerprint density at radius 3 is 2.65 bits per heavy atom. The molecule has 0 saturated carbocycles. The van der Waals surface area contributed by atoms with Crippen molar-refractivity contribution >= 4 is 17.9 Å². The molecule has 0 bridgehead atoms. The largest absolute Gasteiger partial charge is 0.445 e. The van der Waals surface area contributed by atoms with Gasteiger partial charge in [0.1, 0.15) is 18.2 Å². The van der Waals surface area contributed by atoms with Gasteiger partial charge in [-0.2, -0.15) is 0 Å². The number of hydrogen-bond donors (Lipinski definition) is 2. The molecule has 2 aliphatic rings. The average molecular weight is 361 g/mol. The predicted molar refractivity (Wildman–Crippen MR) is 91.7 cm³/mol. The molecule has 1 aromatic rings. The third kappa shape index (κ3) is 3.06. The van der Waals surface area contributed by atoms with Gasteiger partial charge in [-0.15, -0.1) is 0 Å². The quantitative estimate of drug-likeness (QED) is 0.743. The highest BCUT2D eigenvalue weighted by Gasteiger charge is 2.62. The molecule has 8 nitrogen and oxygen atoms in total. The Morgan fingerprint density at radius 1 is 1.35 bits per heavy atom. The van der Waals surface area contributed by atoms with Crippen molar-refractivity contribution in [1.82, 2.24) is 9.80 Å². The minimum atomic E-state index is -1.16. The molecule has 3 N–H and O–H groups in total. The molecule has 3 atom stereocenters. The number of imide groups is 1. The molecule has 8 heteroatoms. The molecule has 3 amide bonds. The van der Waals surface area contributed by atoms with Crippen LogP contribution in [0, 0.1) is 0 Å². The monoisotopic (exact) mass is 361 g/mol. The summed E-state index contributed by atoms with van der Waals surface area (Å²) in [6, 6.07) is 8.11. The molecule has 140 valence electrons. The standard InChI is InChI=1S/C18H23N3O5/c1-12(22)14(19)15(23)20-11-18(16(20)24)8-5-9-21(18)17(25)26-10-13-6-3-2-4-7-13/h2-4,6-7,12,14,22H,5,8-11,19H2,1H3/t12?,14?,18-/m0/s1. The molecule has 2 heterocycles. The highest BCUT2D eigenvalue weighted by atomic mass is 16.6. The maximum absolute atomic E-state index is 12.7. The lowest BCUT2D eigenvalue weighted by Gasteiger charge is -2.49. The van der Waals surface area contributed by atoms with Crippen LogP contribution in [0.1, 0.15) is 25.3 Å². The summed E-state index contributed by atoms with van der Waals surface area (Å²) < 4.78 is 5.34. The molecule has 1 spiro atoms. The van der Waals surface area contributed by atoms with Crippen LogP contribution in [0.3, 0.4) is 0 Å². The van der Waals surface area contributed by atoms with E-state index in [-0.39, 0.29) is 13.2 Å². The van der Waals surface area contributed by atoms with E-state index in [0.717, 1.165) is 10.5 Å². The van der Waals surface area contributed by atoms with Gasteiger partial charge in [-0.25, -0.2) is 4.79 Å². The number of carbonyl (C=O) groups excluding carboxylic acids is 3. The number of amides is 3. The van der Waals surface area contributed by atoms with Crippen LogP contribution in [0.15, 0.2) is 30.3 Å². The third-order valence-corrected chi connectivity index (χ3v) is 5.05. The zero-order valence-electron chi connectivity index (χ0n) is 14.6. The summed E-state index contributed by atoms with van der Waals surface area (Å²) in [5.74, 6) is -1.08. The summed E-state index contributed by atoms with van der Waals surface area (Å²) in [6.07, 6.45) is -0.467. The van der Waals surface area contributed by atoms with E-state index < -0.39 is 35.6 Å². The van der Waals surface area contributed by atoms with E-state index in [1.54, 1.807) is 0 Å². The van der Waals surface area contributed by atoms with E-state index in [9.17, 15) is 19.5 Å². The van der Waals surface area contributed by atoms with Crippen LogP contribution in [-0.4, -0.2) is 63.6 Å². The molecule has 2 fully saturated rings. The first-order valence-electron chi connectivity index (χ1n) is 8.64. The number of carbonyl (C=O) groups is 3. The summed E-state index contributed by atoms with van der Waals surface area (Å²) in [5.41, 5.74) is 5.46. The van der Waals surface area contributed by atoms with Gasteiger partial charge in [0.25, 0.3) is 5.91 Å². The SMILES string of the molecule is CC(O)C(N)C(=O)N1C[C@@]2(CCCN2C(=O)OCc2ccccc2)C1=O. The average Bonchev–Trinajstić information content (AvgIpc) is 3.10. The molecule has 26 heavy (non-hydrogen) atoms. The molecule has 2 saturated heterocycles. The van der Waals surface area contributed by atoms with Gasteiger partial charge in [-0.05, 0) is 25.3 Å². The van der Waals surface area contributed by atoms with E-state index >= 15 is 0 Å². The second-order valence-corrected chi connectivity index (χ2v) is 6.82. The lowest BCUT2D eigenvalue weighted by atomic mass is 9.85. The van der Waals surface area contributed by atoms with Crippen molar-refractivity contribution in [3.8, 4) is 0 Å². The summed E-state index contributed by atoms with van der Waals surface area (Å²) in [7, 11) is 0. The zero-order chi connectivity index (χ0) is 18.9. The van der Waals surface area contributed by atoms with E-state index in [1.165, 1.54) is 11.8 Å². The van der Waals surface area contributed by atoms with Gasteiger partial charge in [0.15, 0.2) is 0 Å². The predicted octanol–water partition coefficient (Wildman–Crippen LogP) is 0.235. The van der Waals surface area contributed by atoms with Crippen LogP contribution in [-0.2, 0) is 20.9 Å². The smallest absolute Gasteiger partial charge is 0.411 e. The molecular weight excluding hydrogens is 338 g/mol. The first-order chi connectivity index (χ1) is 12.4. The molecule has 3 rings (SSSR count). The van der Waals surface area contributed by atoms with Crippen molar-refractivity contribution in [2.75, 3.05) is 13.1 Å². The van der Waals surface area contributed by atoms with Crippen molar-refractivity contribution < 1.29 is 24.2 Å². The number of nitrogens with two attached hydrogens (primary N) is 1. The third-order valence-electron chi connectivity index (χ3n) is 5.05. The van der Waals surface area contributed by atoms with E-state index in [2.05, 4.69) is 0 Å². The fourth-order valence-corrected chi connectivity index (χ4v) is 3.45. The number of aliphatic hydroxyl groups excluding tert-OH is 1. The van der Waals surface area contributed by atoms with Gasteiger partial charge in [0.2, 0.25) is 5.91 Å². The number of rotatable bonds is 4. The lowest BCUT2D eigenvalue weighted by molar-refractivity contribution is -0.169. The topological polar surface area (TPSA) is 113 Å². The van der Waals surface area contributed by atoms with Crippen LogP contribution < -0.4 is 5.73 Å². The summed E-state index contributed by atoms with van der Waals surface area (Å²) in [4.78, 5) is 39.8. The van der Waals surface area contributed by atoms with Crippen molar-refractivity contribution in [3.63, 3.8) is 0 Å². The molecule has 1 aromatic carbocycles. The Balaban J connectivity index is 1.64.